The molecule has 2 aliphatic rings. The summed E-state index contributed by atoms with van der Waals surface area (Å²) < 4.78 is 28.9. The second-order valence-corrected chi connectivity index (χ2v) is 8.74. The van der Waals surface area contributed by atoms with Gasteiger partial charge in [-0.3, -0.25) is 4.79 Å². The van der Waals surface area contributed by atoms with Crippen molar-refractivity contribution in [3.63, 3.8) is 0 Å². The van der Waals surface area contributed by atoms with E-state index < -0.39 is 6.29 Å². The van der Waals surface area contributed by atoms with Gasteiger partial charge < -0.3 is 33.8 Å². The first-order valence-corrected chi connectivity index (χ1v) is 12.2. The molecular weight excluding hydrogens is 438 g/mol. The van der Waals surface area contributed by atoms with Gasteiger partial charge >= 0.3 is 0 Å². The second-order valence-electron chi connectivity index (χ2n) is 8.74. The maximum atomic E-state index is 12.9. The standard InChI is InChI=1S/C26H35NO7/c1-2-32-26-20(9-11-30-13-14-31-12-10-28)21(22-17-33-23-6-4-3-5-19(22)23)15-24(34-26)25(29)27-16-18-7-8-18/h3-6,15,17-18,20-21,26,28H,2,7-14,16H2,1H3,(H,27,29)/t20-,21-,26+/m1/s1. The number of rotatable bonds is 14. The number of aliphatic hydroxyl groups excluding tert-OH is 1. The highest BCUT2D eigenvalue weighted by Crippen LogP contribution is 2.42. The third kappa shape index (κ3) is 6.39. The summed E-state index contributed by atoms with van der Waals surface area (Å²) in [6, 6.07) is 7.90. The van der Waals surface area contributed by atoms with E-state index in [2.05, 4.69) is 5.32 Å². The van der Waals surface area contributed by atoms with Gasteiger partial charge in [-0.05, 0) is 44.2 Å². The van der Waals surface area contributed by atoms with Gasteiger partial charge in [0.2, 0.25) is 6.29 Å². The third-order valence-electron chi connectivity index (χ3n) is 6.26. The zero-order valence-electron chi connectivity index (χ0n) is 19.7. The highest BCUT2D eigenvalue weighted by Gasteiger charge is 2.39. The summed E-state index contributed by atoms with van der Waals surface area (Å²) in [5.74, 6) is 0.467. The summed E-state index contributed by atoms with van der Waals surface area (Å²) in [7, 11) is 0. The predicted molar refractivity (Wildman–Crippen MR) is 126 cm³/mol. The molecule has 2 N–H and O–H groups in total. The van der Waals surface area contributed by atoms with E-state index in [1.165, 1.54) is 12.8 Å². The Morgan fingerprint density at radius 1 is 1.15 bits per heavy atom. The number of amides is 1. The lowest BCUT2D eigenvalue weighted by molar-refractivity contribution is -0.168. The number of hydrogen-bond acceptors (Lipinski definition) is 7. The van der Waals surface area contributed by atoms with Crippen LogP contribution in [0.1, 0.15) is 37.7 Å². The van der Waals surface area contributed by atoms with E-state index in [4.69, 9.17) is 28.5 Å². The molecule has 1 aliphatic heterocycles. The number of carbonyl (C=O) groups is 1. The van der Waals surface area contributed by atoms with E-state index in [-0.39, 0.29) is 24.3 Å². The van der Waals surface area contributed by atoms with Crippen molar-refractivity contribution in [2.75, 3.05) is 46.2 Å². The highest BCUT2D eigenvalue weighted by atomic mass is 16.7. The molecule has 2 aromatic rings. The molecule has 1 aromatic carbocycles. The molecule has 8 heteroatoms. The van der Waals surface area contributed by atoms with Crippen LogP contribution in [0, 0.1) is 11.8 Å². The van der Waals surface area contributed by atoms with Crippen LogP contribution in [0.3, 0.4) is 0 Å². The number of allylic oxidation sites excluding steroid dienone is 1. The summed E-state index contributed by atoms with van der Waals surface area (Å²) in [5, 5.41) is 12.8. The molecule has 1 aliphatic carbocycles. The smallest absolute Gasteiger partial charge is 0.286 e. The Hall–Kier alpha value is -2.39. The summed E-state index contributed by atoms with van der Waals surface area (Å²) >= 11 is 0. The first-order chi connectivity index (χ1) is 16.7. The van der Waals surface area contributed by atoms with Crippen molar-refractivity contribution in [2.45, 2.75) is 38.4 Å². The predicted octanol–water partition coefficient (Wildman–Crippen LogP) is 3.35. The van der Waals surface area contributed by atoms with Crippen LogP contribution in [-0.4, -0.2) is 63.5 Å². The normalized spacial score (nSPS) is 22.4. The second kappa shape index (κ2) is 12.4. The fourth-order valence-electron chi connectivity index (χ4n) is 4.30. The van der Waals surface area contributed by atoms with E-state index in [1.807, 2.05) is 37.3 Å². The Balaban J connectivity index is 1.53. The summed E-state index contributed by atoms with van der Waals surface area (Å²) in [6.07, 6.45) is 6.10. The Morgan fingerprint density at radius 3 is 2.71 bits per heavy atom. The fourth-order valence-corrected chi connectivity index (χ4v) is 4.30. The van der Waals surface area contributed by atoms with Crippen molar-refractivity contribution in [3.8, 4) is 0 Å². The van der Waals surface area contributed by atoms with E-state index >= 15 is 0 Å². The third-order valence-corrected chi connectivity index (χ3v) is 6.26. The lowest BCUT2D eigenvalue weighted by atomic mass is 9.81. The number of nitrogens with one attached hydrogen (secondary N) is 1. The van der Waals surface area contributed by atoms with Gasteiger partial charge in [0.1, 0.15) is 5.58 Å². The maximum Gasteiger partial charge on any atom is 0.286 e. The van der Waals surface area contributed by atoms with Crippen molar-refractivity contribution in [2.24, 2.45) is 11.8 Å². The van der Waals surface area contributed by atoms with Crippen LogP contribution in [0.25, 0.3) is 11.0 Å². The van der Waals surface area contributed by atoms with Crippen LogP contribution in [0.4, 0.5) is 0 Å². The number of benzene rings is 1. The Bertz CT molecular complexity index is 952. The van der Waals surface area contributed by atoms with E-state index in [0.717, 1.165) is 16.5 Å². The molecule has 186 valence electrons. The van der Waals surface area contributed by atoms with Gasteiger partial charge in [0.05, 0.1) is 32.7 Å². The van der Waals surface area contributed by atoms with E-state index in [1.54, 1.807) is 6.26 Å². The SMILES string of the molecule is CCO[C@H]1OC(C(=O)NCC2CC2)=C[C@@H](c2coc3ccccc23)[C@H]1CCOCCOCCO. The number of carbonyl (C=O) groups excluding carboxylic acids is 1. The van der Waals surface area contributed by atoms with Crippen LogP contribution in [0.15, 0.2) is 46.8 Å². The largest absolute Gasteiger partial charge is 0.464 e. The fraction of sp³-hybridized carbons (Fsp3) is 0.577. The van der Waals surface area contributed by atoms with Crippen LogP contribution < -0.4 is 5.32 Å². The monoisotopic (exact) mass is 473 g/mol. The average molecular weight is 474 g/mol. The van der Waals surface area contributed by atoms with Crippen LogP contribution in [0.5, 0.6) is 0 Å². The molecule has 1 aromatic heterocycles. The molecule has 1 amide bonds. The average Bonchev–Trinajstić information content (AvgIpc) is 3.59. The van der Waals surface area contributed by atoms with Crippen LogP contribution in [0.2, 0.25) is 0 Å². The minimum Gasteiger partial charge on any atom is -0.464 e. The molecule has 0 spiro atoms. The highest BCUT2D eigenvalue weighted by molar-refractivity contribution is 5.92. The molecule has 0 radical (unpaired) electrons. The molecule has 3 atom stereocenters. The van der Waals surface area contributed by atoms with E-state index in [9.17, 15) is 4.79 Å². The zero-order chi connectivity index (χ0) is 23.8. The summed E-state index contributed by atoms with van der Waals surface area (Å²) in [4.78, 5) is 12.9. The minimum atomic E-state index is -0.579. The summed E-state index contributed by atoms with van der Waals surface area (Å²) in [5.41, 5.74) is 1.81. The minimum absolute atomic E-state index is 0.00130. The molecule has 0 bridgehead atoms. The lowest BCUT2D eigenvalue weighted by Crippen LogP contribution is -2.39. The maximum absolute atomic E-state index is 12.9. The molecular formula is C26H35NO7. The van der Waals surface area contributed by atoms with Gasteiger partial charge in [-0.25, -0.2) is 0 Å². The van der Waals surface area contributed by atoms with Crippen LogP contribution >= 0.6 is 0 Å². The molecule has 1 fully saturated rings. The van der Waals surface area contributed by atoms with Crippen molar-refractivity contribution < 1.29 is 33.3 Å². The lowest BCUT2D eigenvalue weighted by Gasteiger charge is -2.36. The number of aliphatic hydroxyl groups is 1. The van der Waals surface area contributed by atoms with Gasteiger partial charge in [0, 0.05) is 42.5 Å². The quantitative estimate of drug-likeness (QED) is 0.406. The molecule has 34 heavy (non-hydrogen) atoms. The van der Waals surface area contributed by atoms with Crippen molar-refractivity contribution in [1.29, 1.82) is 0 Å². The Kier molecular flexibility index (Phi) is 8.98. The number of furan rings is 1. The van der Waals surface area contributed by atoms with Gasteiger partial charge in [-0.2, -0.15) is 0 Å². The number of ether oxygens (including phenoxy) is 4. The van der Waals surface area contributed by atoms with Gasteiger partial charge in [0.15, 0.2) is 5.76 Å². The first kappa shape index (κ1) is 24.7. The Labute approximate surface area is 200 Å². The topological polar surface area (TPSA) is 99.4 Å². The van der Waals surface area contributed by atoms with Gasteiger partial charge in [0.25, 0.3) is 5.91 Å². The molecule has 1 saturated carbocycles. The first-order valence-electron chi connectivity index (χ1n) is 12.2. The van der Waals surface area contributed by atoms with E-state index in [0.29, 0.717) is 57.7 Å². The molecule has 2 heterocycles. The Morgan fingerprint density at radius 2 is 1.94 bits per heavy atom. The zero-order valence-corrected chi connectivity index (χ0v) is 19.7. The molecule has 4 rings (SSSR count). The number of para-hydroxylation sites is 1. The van der Waals surface area contributed by atoms with Crippen LogP contribution in [-0.2, 0) is 23.7 Å². The number of fused-ring (bicyclic) bond motifs is 1. The molecule has 8 nitrogen and oxygen atoms in total. The van der Waals surface area contributed by atoms with Gasteiger partial charge in [-0.15, -0.1) is 0 Å². The number of hydrogen-bond donors (Lipinski definition) is 2. The molecule has 0 unspecified atom stereocenters. The summed E-state index contributed by atoms with van der Waals surface area (Å²) in [6.45, 7) is 4.72. The van der Waals surface area contributed by atoms with Crippen molar-refractivity contribution in [1.82, 2.24) is 5.32 Å². The van der Waals surface area contributed by atoms with Crippen molar-refractivity contribution >= 4 is 16.9 Å². The van der Waals surface area contributed by atoms with Crippen molar-refractivity contribution in [3.05, 3.63) is 47.9 Å². The van der Waals surface area contributed by atoms with Gasteiger partial charge in [-0.1, -0.05) is 18.2 Å². The molecule has 0 saturated heterocycles.